The molecular weight excluding hydrogens is 318 g/mol. The van der Waals surface area contributed by atoms with Crippen LogP contribution >= 0.6 is 11.6 Å². The Bertz CT molecular complexity index is 642. The number of hydrogen-bond acceptors (Lipinski definition) is 5. The van der Waals surface area contributed by atoms with E-state index >= 15 is 0 Å². The maximum absolute atomic E-state index is 12.7. The van der Waals surface area contributed by atoms with E-state index in [-0.39, 0.29) is 34.7 Å². The Morgan fingerprint density at radius 3 is 2.67 bits per heavy atom. The van der Waals surface area contributed by atoms with Crippen molar-refractivity contribution in [3.05, 3.63) is 28.8 Å². The molecule has 0 unspecified atom stereocenters. The van der Waals surface area contributed by atoms with E-state index in [1.807, 2.05) is 0 Å². The molecule has 0 aromatic heterocycles. The lowest BCUT2D eigenvalue weighted by Gasteiger charge is -2.21. The fourth-order valence-corrected chi connectivity index (χ4v) is 4.21. The molecule has 2 rings (SSSR count). The van der Waals surface area contributed by atoms with Gasteiger partial charge < -0.3 is 9.84 Å². The highest BCUT2D eigenvalue weighted by Crippen LogP contribution is 2.34. The lowest BCUT2D eigenvalue weighted by molar-refractivity contribution is 0.0600. The number of nitrogens with zero attached hydrogens (tertiary/aromatic N) is 1. The predicted octanol–water partition coefficient (Wildman–Crippen LogP) is 1.27. The van der Waals surface area contributed by atoms with Crippen molar-refractivity contribution in [3.8, 4) is 0 Å². The van der Waals surface area contributed by atoms with Crippen molar-refractivity contribution in [2.45, 2.75) is 23.8 Å². The average molecular weight is 334 g/mol. The number of halogens is 1. The molecular formula is C13H16ClNO5S. The smallest absolute Gasteiger partial charge is 0.337 e. The minimum atomic E-state index is -3.86. The monoisotopic (exact) mass is 333 g/mol. The van der Waals surface area contributed by atoms with Crippen molar-refractivity contribution in [1.82, 2.24) is 4.31 Å². The van der Waals surface area contributed by atoms with Crippen LogP contribution in [0.15, 0.2) is 23.1 Å². The fraction of sp³-hybridized carbons (Fsp3) is 0.462. The van der Waals surface area contributed by atoms with E-state index in [2.05, 4.69) is 4.74 Å². The Balaban J connectivity index is 2.45. The Morgan fingerprint density at radius 1 is 1.48 bits per heavy atom. The van der Waals surface area contributed by atoms with E-state index in [0.29, 0.717) is 0 Å². The molecule has 1 aromatic carbocycles. The topological polar surface area (TPSA) is 83.9 Å². The summed E-state index contributed by atoms with van der Waals surface area (Å²) >= 11 is 5.98. The fourth-order valence-electron chi connectivity index (χ4n) is 2.03. The summed E-state index contributed by atoms with van der Waals surface area (Å²) < 4.78 is 31.1. The lowest BCUT2D eigenvalue weighted by atomic mass is 10.2. The Morgan fingerprint density at radius 2 is 2.14 bits per heavy atom. The Labute approximate surface area is 128 Å². The van der Waals surface area contributed by atoms with Gasteiger partial charge in [0.2, 0.25) is 10.0 Å². The van der Waals surface area contributed by atoms with Crippen LogP contribution in [0.1, 0.15) is 23.2 Å². The van der Waals surface area contributed by atoms with Crippen molar-refractivity contribution in [2.24, 2.45) is 0 Å². The van der Waals surface area contributed by atoms with E-state index in [0.717, 1.165) is 12.8 Å². The van der Waals surface area contributed by atoms with Crippen molar-refractivity contribution in [2.75, 3.05) is 20.3 Å². The lowest BCUT2D eigenvalue weighted by Crippen LogP contribution is -2.35. The van der Waals surface area contributed by atoms with Crippen molar-refractivity contribution in [1.29, 1.82) is 0 Å². The number of esters is 1. The van der Waals surface area contributed by atoms with Crippen molar-refractivity contribution < 1.29 is 23.1 Å². The van der Waals surface area contributed by atoms with E-state index in [1.165, 1.54) is 29.6 Å². The van der Waals surface area contributed by atoms with Gasteiger partial charge >= 0.3 is 5.97 Å². The van der Waals surface area contributed by atoms with Gasteiger partial charge in [0.25, 0.3) is 0 Å². The molecule has 6 nitrogen and oxygen atoms in total. The SMILES string of the molecule is COC(=O)c1ccc(Cl)c(S(=O)(=O)N(CCO)C2CC2)c1. The van der Waals surface area contributed by atoms with Crippen LogP contribution in [0, 0.1) is 0 Å². The molecule has 0 radical (unpaired) electrons. The molecule has 0 aliphatic heterocycles. The van der Waals surface area contributed by atoms with Crippen LogP contribution in [-0.2, 0) is 14.8 Å². The molecule has 0 heterocycles. The van der Waals surface area contributed by atoms with Crippen LogP contribution in [0.25, 0.3) is 0 Å². The molecule has 1 saturated carbocycles. The highest BCUT2D eigenvalue weighted by Gasteiger charge is 2.38. The Hall–Kier alpha value is -1.15. The second-order valence-corrected chi connectivity index (χ2v) is 6.97. The molecule has 1 aliphatic rings. The van der Waals surface area contributed by atoms with Crippen LogP contribution in [0.3, 0.4) is 0 Å². The molecule has 1 aliphatic carbocycles. The molecule has 0 saturated heterocycles. The van der Waals surface area contributed by atoms with Gasteiger partial charge in [-0.3, -0.25) is 0 Å². The normalized spacial score (nSPS) is 15.2. The third-order valence-corrected chi connectivity index (χ3v) is 5.65. The van der Waals surface area contributed by atoms with Crippen molar-refractivity contribution >= 4 is 27.6 Å². The number of aliphatic hydroxyl groups is 1. The number of hydrogen-bond donors (Lipinski definition) is 1. The number of benzene rings is 1. The highest BCUT2D eigenvalue weighted by atomic mass is 35.5. The summed E-state index contributed by atoms with van der Waals surface area (Å²) in [5.41, 5.74) is 0.111. The summed E-state index contributed by atoms with van der Waals surface area (Å²) in [5, 5.41) is 9.09. The van der Waals surface area contributed by atoms with Crippen molar-refractivity contribution in [3.63, 3.8) is 0 Å². The number of carbonyl (C=O) groups excluding carboxylic acids is 1. The molecule has 1 N–H and O–H groups in total. The number of rotatable bonds is 6. The molecule has 8 heteroatoms. The van der Waals surface area contributed by atoms with E-state index in [1.54, 1.807) is 0 Å². The third-order valence-electron chi connectivity index (χ3n) is 3.21. The first-order valence-electron chi connectivity index (χ1n) is 6.42. The van der Waals surface area contributed by atoms with Crippen LogP contribution in [0.2, 0.25) is 5.02 Å². The summed E-state index contributed by atoms with van der Waals surface area (Å²) in [5.74, 6) is -0.636. The summed E-state index contributed by atoms with van der Waals surface area (Å²) in [6.07, 6.45) is 1.51. The first-order chi connectivity index (χ1) is 9.91. The van der Waals surface area contributed by atoms with Gasteiger partial charge in [0.15, 0.2) is 0 Å². The zero-order chi connectivity index (χ0) is 15.6. The van der Waals surface area contributed by atoms with Gasteiger partial charge in [0.05, 0.1) is 24.3 Å². The summed E-state index contributed by atoms with van der Waals surface area (Å²) in [6.45, 7) is -0.268. The van der Waals surface area contributed by atoms with Gasteiger partial charge in [-0.25, -0.2) is 13.2 Å². The maximum atomic E-state index is 12.7. The molecule has 0 atom stereocenters. The first-order valence-corrected chi connectivity index (χ1v) is 8.24. The third kappa shape index (κ3) is 3.37. The summed E-state index contributed by atoms with van der Waals surface area (Å²) in [6, 6.07) is 3.85. The molecule has 0 bridgehead atoms. The second-order valence-electron chi connectivity index (χ2n) is 4.71. The zero-order valence-electron chi connectivity index (χ0n) is 11.5. The van der Waals surface area contributed by atoms with Gasteiger partial charge in [-0.2, -0.15) is 4.31 Å². The van der Waals surface area contributed by atoms with Gasteiger partial charge in [-0.05, 0) is 31.0 Å². The number of aliphatic hydroxyl groups excluding tert-OH is 1. The van der Waals surface area contributed by atoms with E-state index in [4.69, 9.17) is 16.7 Å². The molecule has 21 heavy (non-hydrogen) atoms. The number of ether oxygens (including phenoxy) is 1. The van der Waals surface area contributed by atoms with E-state index < -0.39 is 16.0 Å². The minimum Gasteiger partial charge on any atom is -0.465 e. The molecule has 116 valence electrons. The minimum absolute atomic E-state index is 0.00573. The van der Waals surface area contributed by atoms with Crippen LogP contribution in [-0.4, -0.2) is 50.1 Å². The number of carbonyl (C=O) groups is 1. The Kier molecular flexibility index (Phi) is 4.88. The largest absolute Gasteiger partial charge is 0.465 e. The maximum Gasteiger partial charge on any atom is 0.337 e. The van der Waals surface area contributed by atoms with E-state index in [9.17, 15) is 13.2 Å². The molecule has 1 aromatic rings. The van der Waals surface area contributed by atoms with Gasteiger partial charge in [-0.15, -0.1) is 0 Å². The van der Waals surface area contributed by atoms with Crippen LogP contribution < -0.4 is 0 Å². The van der Waals surface area contributed by atoms with Crippen LogP contribution in [0.5, 0.6) is 0 Å². The quantitative estimate of drug-likeness (QED) is 0.793. The van der Waals surface area contributed by atoms with Gasteiger partial charge in [0.1, 0.15) is 4.90 Å². The zero-order valence-corrected chi connectivity index (χ0v) is 13.0. The highest BCUT2D eigenvalue weighted by molar-refractivity contribution is 7.89. The summed E-state index contributed by atoms with van der Waals surface area (Å²) in [7, 11) is -2.65. The molecule has 0 spiro atoms. The first kappa shape index (κ1) is 16.2. The summed E-state index contributed by atoms with van der Waals surface area (Å²) in [4.78, 5) is 11.4. The number of methoxy groups -OCH3 is 1. The standard InChI is InChI=1S/C13H16ClNO5S/c1-20-13(17)9-2-5-11(14)12(8-9)21(18,19)15(6-7-16)10-3-4-10/h2,5,8,10,16H,3-4,6-7H2,1H3. The molecule has 0 amide bonds. The molecule has 1 fully saturated rings. The van der Waals surface area contributed by atoms with Crippen LogP contribution in [0.4, 0.5) is 0 Å². The average Bonchev–Trinajstić information content (AvgIpc) is 3.28. The number of sulfonamides is 1. The predicted molar refractivity (Wildman–Crippen MR) is 76.8 cm³/mol. The van der Waals surface area contributed by atoms with Gasteiger partial charge in [0, 0.05) is 12.6 Å². The van der Waals surface area contributed by atoms with Gasteiger partial charge in [-0.1, -0.05) is 11.6 Å². The second kappa shape index (κ2) is 6.31.